The molecule has 0 aliphatic heterocycles. The van der Waals surface area contributed by atoms with Gasteiger partial charge in [-0.2, -0.15) is 0 Å². The summed E-state index contributed by atoms with van der Waals surface area (Å²) in [6, 6.07) is 3.62. The molecule has 0 unspecified atom stereocenters. The van der Waals surface area contributed by atoms with Crippen LogP contribution in [0.3, 0.4) is 0 Å². The smallest absolute Gasteiger partial charge is 0.226 e. The van der Waals surface area contributed by atoms with E-state index in [1.54, 1.807) is 41.8 Å². The molecule has 8 nitrogen and oxygen atoms in total. The van der Waals surface area contributed by atoms with Gasteiger partial charge in [0.25, 0.3) is 0 Å². The zero-order chi connectivity index (χ0) is 19.6. The van der Waals surface area contributed by atoms with Crippen LogP contribution < -0.4 is 14.2 Å². The maximum atomic E-state index is 5.68. The summed E-state index contributed by atoms with van der Waals surface area (Å²) in [7, 11) is 8.09. The van der Waals surface area contributed by atoms with Crippen LogP contribution in [0, 0.1) is 0 Å². The predicted octanol–water partition coefficient (Wildman–Crippen LogP) is 2.46. The van der Waals surface area contributed by atoms with Crippen LogP contribution >= 0.6 is 0 Å². The van der Waals surface area contributed by atoms with Gasteiger partial charge in [0.15, 0.2) is 11.5 Å². The highest BCUT2D eigenvalue weighted by Crippen LogP contribution is 2.40. The second-order valence-electron chi connectivity index (χ2n) is 5.82. The van der Waals surface area contributed by atoms with E-state index >= 15 is 0 Å². The highest BCUT2D eigenvalue weighted by atomic mass is 16.5. The summed E-state index contributed by atoms with van der Waals surface area (Å²) < 4.78 is 32.2. The van der Waals surface area contributed by atoms with E-state index < -0.39 is 0 Å². The van der Waals surface area contributed by atoms with E-state index in [2.05, 4.69) is 9.88 Å². The van der Waals surface area contributed by atoms with Crippen LogP contribution in [0.2, 0.25) is 0 Å². The standard InChI is InChI=1S/C19H28N2O6/c1-22-8-6-21(7-9-23-2)12-15-13-27-19(20-15)14-10-16(24-3)18(26-5)17(11-14)25-4/h10-11,13H,6-9,12H2,1-5H3. The molecule has 0 aliphatic rings. The average Bonchev–Trinajstić information content (AvgIpc) is 3.17. The minimum absolute atomic E-state index is 0.489. The summed E-state index contributed by atoms with van der Waals surface area (Å²) in [6.07, 6.45) is 1.66. The second-order valence-corrected chi connectivity index (χ2v) is 5.82. The van der Waals surface area contributed by atoms with Gasteiger partial charge < -0.3 is 28.1 Å². The lowest BCUT2D eigenvalue weighted by molar-refractivity contribution is 0.109. The number of methoxy groups -OCH3 is 5. The van der Waals surface area contributed by atoms with Crippen molar-refractivity contribution in [2.24, 2.45) is 0 Å². The third kappa shape index (κ3) is 5.59. The first kappa shape index (κ1) is 21.0. The summed E-state index contributed by atoms with van der Waals surface area (Å²) in [5.41, 5.74) is 1.57. The van der Waals surface area contributed by atoms with Crippen molar-refractivity contribution in [3.63, 3.8) is 0 Å². The van der Waals surface area contributed by atoms with Crippen molar-refractivity contribution in [1.82, 2.24) is 9.88 Å². The summed E-state index contributed by atoms with van der Waals surface area (Å²) in [6.45, 7) is 3.49. The van der Waals surface area contributed by atoms with Crippen LogP contribution in [0.5, 0.6) is 17.2 Å². The van der Waals surface area contributed by atoms with E-state index in [1.165, 1.54) is 0 Å². The van der Waals surface area contributed by atoms with Crippen LogP contribution in [0.25, 0.3) is 11.5 Å². The molecule has 0 N–H and O–H groups in total. The summed E-state index contributed by atoms with van der Waals surface area (Å²) in [4.78, 5) is 6.80. The molecule has 0 radical (unpaired) electrons. The lowest BCUT2D eigenvalue weighted by Crippen LogP contribution is -2.30. The number of hydrogen-bond donors (Lipinski definition) is 0. The fraction of sp³-hybridized carbons (Fsp3) is 0.526. The van der Waals surface area contributed by atoms with Crippen molar-refractivity contribution >= 4 is 0 Å². The first-order valence-electron chi connectivity index (χ1n) is 8.61. The lowest BCUT2D eigenvalue weighted by atomic mass is 10.2. The zero-order valence-corrected chi connectivity index (χ0v) is 16.6. The van der Waals surface area contributed by atoms with Gasteiger partial charge in [-0.15, -0.1) is 0 Å². The lowest BCUT2D eigenvalue weighted by Gasteiger charge is -2.20. The molecule has 2 aromatic rings. The van der Waals surface area contributed by atoms with Crippen molar-refractivity contribution in [1.29, 1.82) is 0 Å². The third-order valence-electron chi connectivity index (χ3n) is 4.07. The van der Waals surface area contributed by atoms with Gasteiger partial charge in [0.1, 0.15) is 6.26 Å². The molecule has 150 valence electrons. The molecule has 8 heteroatoms. The molecule has 1 aromatic carbocycles. The summed E-state index contributed by atoms with van der Waals surface area (Å²) in [5.74, 6) is 2.12. The molecule has 1 heterocycles. The zero-order valence-electron chi connectivity index (χ0n) is 16.6. The Morgan fingerprint density at radius 1 is 0.889 bits per heavy atom. The van der Waals surface area contributed by atoms with Gasteiger partial charge in [0.2, 0.25) is 11.6 Å². The van der Waals surface area contributed by atoms with Crippen molar-refractivity contribution in [2.45, 2.75) is 6.54 Å². The molecule has 27 heavy (non-hydrogen) atoms. The molecular formula is C19H28N2O6. The van der Waals surface area contributed by atoms with Crippen molar-refractivity contribution in [3.05, 3.63) is 24.1 Å². The van der Waals surface area contributed by atoms with Gasteiger partial charge in [-0.1, -0.05) is 0 Å². The monoisotopic (exact) mass is 380 g/mol. The Balaban J connectivity index is 2.20. The summed E-state index contributed by atoms with van der Waals surface area (Å²) in [5, 5.41) is 0. The molecule has 0 amide bonds. The average molecular weight is 380 g/mol. The van der Waals surface area contributed by atoms with Gasteiger partial charge in [0.05, 0.1) is 40.2 Å². The Bertz CT molecular complexity index is 670. The number of rotatable bonds is 12. The van der Waals surface area contributed by atoms with E-state index in [0.29, 0.717) is 42.9 Å². The fourth-order valence-electron chi connectivity index (χ4n) is 2.66. The minimum atomic E-state index is 0.489. The number of oxazole rings is 1. The van der Waals surface area contributed by atoms with E-state index in [1.807, 2.05) is 12.1 Å². The van der Waals surface area contributed by atoms with Gasteiger partial charge in [0, 0.05) is 39.4 Å². The highest BCUT2D eigenvalue weighted by molar-refractivity contribution is 5.65. The minimum Gasteiger partial charge on any atom is -0.493 e. The predicted molar refractivity (Wildman–Crippen MR) is 101 cm³/mol. The van der Waals surface area contributed by atoms with Crippen molar-refractivity contribution < 1.29 is 28.1 Å². The highest BCUT2D eigenvalue weighted by Gasteiger charge is 2.17. The molecule has 0 spiro atoms. The van der Waals surface area contributed by atoms with E-state index in [9.17, 15) is 0 Å². The Labute approximate surface area is 159 Å². The van der Waals surface area contributed by atoms with Crippen molar-refractivity contribution in [3.8, 4) is 28.7 Å². The van der Waals surface area contributed by atoms with Crippen LogP contribution in [0.4, 0.5) is 0 Å². The van der Waals surface area contributed by atoms with E-state index in [0.717, 1.165) is 24.3 Å². The van der Waals surface area contributed by atoms with E-state index in [4.69, 9.17) is 28.1 Å². The molecule has 0 aliphatic carbocycles. The molecule has 0 fully saturated rings. The topological polar surface area (TPSA) is 75.4 Å². The largest absolute Gasteiger partial charge is 0.493 e. The van der Waals surface area contributed by atoms with Crippen molar-refractivity contribution in [2.75, 3.05) is 61.9 Å². The molecular weight excluding hydrogens is 352 g/mol. The number of nitrogens with zero attached hydrogens (tertiary/aromatic N) is 2. The Kier molecular flexibility index (Phi) is 8.38. The van der Waals surface area contributed by atoms with Crippen LogP contribution in [-0.4, -0.2) is 71.7 Å². The first-order valence-corrected chi connectivity index (χ1v) is 8.61. The fourth-order valence-corrected chi connectivity index (χ4v) is 2.66. The van der Waals surface area contributed by atoms with Gasteiger partial charge in [-0.05, 0) is 12.1 Å². The molecule has 1 aromatic heterocycles. The molecule has 0 atom stereocenters. The Morgan fingerprint density at radius 2 is 1.48 bits per heavy atom. The maximum Gasteiger partial charge on any atom is 0.226 e. The molecule has 0 saturated carbocycles. The normalized spacial score (nSPS) is 11.0. The van der Waals surface area contributed by atoms with Gasteiger partial charge in [-0.25, -0.2) is 4.98 Å². The maximum absolute atomic E-state index is 5.68. The van der Waals surface area contributed by atoms with Crippen LogP contribution in [0.1, 0.15) is 5.69 Å². The quantitative estimate of drug-likeness (QED) is 0.556. The first-order chi connectivity index (χ1) is 13.2. The second kappa shape index (κ2) is 10.8. The Morgan fingerprint density at radius 3 is 1.96 bits per heavy atom. The SMILES string of the molecule is COCCN(CCOC)Cc1coc(-c2cc(OC)c(OC)c(OC)c2)n1. The number of benzene rings is 1. The molecule has 0 bridgehead atoms. The number of hydrogen-bond acceptors (Lipinski definition) is 8. The van der Waals surface area contributed by atoms with Gasteiger partial charge >= 0.3 is 0 Å². The van der Waals surface area contributed by atoms with E-state index in [-0.39, 0.29) is 0 Å². The molecule has 2 rings (SSSR count). The number of aromatic nitrogens is 1. The number of ether oxygens (including phenoxy) is 5. The van der Waals surface area contributed by atoms with Crippen LogP contribution in [-0.2, 0) is 16.0 Å². The molecule has 0 saturated heterocycles. The Hall–Kier alpha value is -2.29. The summed E-state index contributed by atoms with van der Waals surface area (Å²) >= 11 is 0. The van der Waals surface area contributed by atoms with Gasteiger partial charge in [-0.3, -0.25) is 4.90 Å². The third-order valence-corrected chi connectivity index (χ3v) is 4.07. The van der Waals surface area contributed by atoms with Crippen LogP contribution in [0.15, 0.2) is 22.8 Å².